The molecular formula is C16H12FN3O. The van der Waals surface area contributed by atoms with Crippen molar-refractivity contribution >= 4 is 28.2 Å². The van der Waals surface area contributed by atoms with E-state index in [9.17, 15) is 9.18 Å². The fraction of sp³-hybridized carbons (Fsp3) is 0. The Bertz CT molecular complexity index is 827. The van der Waals surface area contributed by atoms with Gasteiger partial charge in [-0.15, -0.1) is 0 Å². The second-order valence-corrected chi connectivity index (χ2v) is 4.57. The number of hydrogen-bond donors (Lipinski definition) is 2. The van der Waals surface area contributed by atoms with Crippen LogP contribution >= 0.6 is 0 Å². The van der Waals surface area contributed by atoms with E-state index in [1.807, 2.05) is 12.1 Å². The maximum absolute atomic E-state index is 13.4. The smallest absolute Gasteiger partial charge is 0.256 e. The van der Waals surface area contributed by atoms with Crippen molar-refractivity contribution in [1.82, 2.24) is 4.98 Å². The number of nitrogens with two attached hydrogens (primary N) is 1. The predicted molar refractivity (Wildman–Crippen MR) is 80.5 cm³/mol. The number of amides is 1. The lowest BCUT2D eigenvalue weighted by Crippen LogP contribution is -2.12. The summed E-state index contributed by atoms with van der Waals surface area (Å²) in [5.74, 6) is -0.884. The van der Waals surface area contributed by atoms with Crippen LogP contribution in [0.4, 0.5) is 15.8 Å². The monoisotopic (exact) mass is 281 g/mol. The number of benzene rings is 2. The van der Waals surface area contributed by atoms with Gasteiger partial charge in [0.2, 0.25) is 0 Å². The van der Waals surface area contributed by atoms with E-state index in [4.69, 9.17) is 5.73 Å². The zero-order chi connectivity index (χ0) is 14.8. The molecule has 0 radical (unpaired) electrons. The Balaban J connectivity index is 1.95. The van der Waals surface area contributed by atoms with Gasteiger partial charge in [0.15, 0.2) is 0 Å². The molecule has 3 rings (SSSR count). The van der Waals surface area contributed by atoms with Gasteiger partial charge in [-0.3, -0.25) is 9.78 Å². The molecule has 0 saturated heterocycles. The number of hydrogen-bond acceptors (Lipinski definition) is 3. The van der Waals surface area contributed by atoms with Gasteiger partial charge < -0.3 is 11.1 Å². The van der Waals surface area contributed by atoms with Gasteiger partial charge in [0.1, 0.15) is 5.82 Å². The maximum atomic E-state index is 13.4. The quantitative estimate of drug-likeness (QED) is 0.709. The fourth-order valence-electron chi connectivity index (χ4n) is 2.10. The van der Waals surface area contributed by atoms with Crippen molar-refractivity contribution in [3.05, 3.63) is 66.1 Å². The van der Waals surface area contributed by atoms with Crippen LogP contribution in [0.1, 0.15) is 10.4 Å². The molecule has 0 aliphatic rings. The molecule has 0 atom stereocenters. The molecule has 0 aliphatic carbocycles. The van der Waals surface area contributed by atoms with Crippen LogP contribution in [0.2, 0.25) is 0 Å². The van der Waals surface area contributed by atoms with Crippen LogP contribution in [0.5, 0.6) is 0 Å². The first-order valence-electron chi connectivity index (χ1n) is 6.35. The molecule has 1 amide bonds. The number of pyridine rings is 1. The summed E-state index contributed by atoms with van der Waals surface area (Å²) in [6, 6.07) is 13.0. The summed E-state index contributed by atoms with van der Waals surface area (Å²) in [5, 5.41) is 3.40. The highest BCUT2D eigenvalue weighted by Gasteiger charge is 2.11. The average molecular weight is 281 g/mol. The Morgan fingerprint density at radius 1 is 1.14 bits per heavy atom. The minimum absolute atomic E-state index is 0.0439. The van der Waals surface area contributed by atoms with Crippen molar-refractivity contribution < 1.29 is 9.18 Å². The molecule has 3 N–H and O–H groups in total. The number of nitrogens with one attached hydrogen (secondary N) is 1. The molecule has 0 saturated carbocycles. The van der Waals surface area contributed by atoms with Crippen LogP contribution in [0.3, 0.4) is 0 Å². The van der Waals surface area contributed by atoms with E-state index < -0.39 is 5.82 Å². The van der Waals surface area contributed by atoms with Gasteiger partial charge in [-0.1, -0.05) is 12.1 Å². The van der Waals surface area contributed by atoms with Crippen LogP contribution < -0.4 is 11.1 Å². The van der Waals surface area contributed by atoms with Gasteiger partial charge >= 0.3 is 0 Å². The average Bonchev–Trinajstić information content (AvgIpc) is 2.50. The first-order chi connectivity index (χ1) is 10.1. The second-order valence-electron chi connectivity index (χ2n) is 4.57. The highest BCUT2D eigenvalue weighted by Crippen LogP contribution is 2.20. The van der Waals surface area contributed by atoms with Crippen LogP contribution in [-0.2, 0) is 0 Å². The number of anilines is 2. The molecule has 4 nitrogen and oxygen atoms in total. The van der Waals surface area contributed by atoms with Gasteiger partial charge in [0.05, 0.1) is 11.2 Å². The molecule has 0 unspecified atom stereocenters. The number of carbonyl (C=O) groups is 1. The zero-order valence-corrected chi connectivity index (χ0v) is 11.0. The van der Waals surface area contributed by atoms with Gasteiger partial charge in [-0.05, 0) is 36.4 Å². The SMILES string of the molecule is Nc1ccc(NC(=O)c2cccc3ncccc23)cc1F. The lowest BCUT2D eigenvalue weighted by molar-refractivity contribution is 0.102. The van der Waals surface area contributed by atoms with Crippen molar-refractivity contribution in [2.75, 3.05) is 11.1 Å². The first kappa shape index (κ1) is 13.1. The van der Waals surface area contributed by atoms with Crippen LogP contribution in [-0.4, -0.2) is 10.9 Å². The molecule has 5 heteroatoms. The Labute approximate surface area is 120 Å². The number of carbonyl (C=O) groups excluding carboxylic acids is 1. The summed E-state index contributed by atoms with van der Waals surface area (Å²) in [6.07, 6.45) is 1.67. The number of fused-ring (bicyclic) bond motifs is 1. The van der Waals surface area contributed by atoms with E-state index in [1.165, 1.54) is 12.1 Å². The first-order valence-corrected chi connectivity index (χ1v) is 6.35. The van der Waals surface area contributed by atoms with Crippen LogP contribution in [0.15, 0.2) is 54.7 Å². The fourth-order valence-corrected chi connectivity index (χ4v) is 2.10. The van der Waals surface area contributed by atoms with Crippen LogP contribution in [0, 0.1) is 5.82 Å². The van der Waals surface area contributed by atoms with E-state index in [0.717, 1.165) is 10.9 Å². The third kappa shape index (κ3) is 2.53. The largest absolute Gasteiger partial charge is 0.396 e. The summed E-state index contributed by atoms with van der Waals surface area (Å²) >= 11 is 0. The molecule has 1 heterocycles. The number of rotatable bonds is 2. The molecule has 1 aromatic heterocycles. The van der Waals surface area contributed by atoms with Crippen molar-refractivity contribution in [3.63, 3.8) is 0 Å². The Morgan fingerprint density at radius 2 is 2.00 bits per heavy atom. The molecule has 0 spiro atoms. The van der Waals surface area contributed by atoms with Crippen molar-refractivity contribution in [3.8, 4) is 0 Å². The zero-order valence-electron chi connectivity index (χ0n) is 11.0. The summed E-state index contributed by atoms with van der Waals surface area (Å²) in [7, 11) is 0. The van der Waals surface area contributed by atoms with Crippen molar-refractivity contribution in [2.24, 2.45) is 0 Å². The van der Waals surface area contributed by atoms with Crippen LogP contribution in [0.25, 0.3) is 10.9 Å². The van der Waals surface area contributed by atoms with E-state index >= 15 is 0 Å². The molecule has 3 aromatic rings. The van der Waals surface area contributed by atoms with E-state index in [2.05, 4.69) is 10.3 Å². The summed E-state index contributed by atoms with van der Waals surface area (Å²) in [5.41, 5.74) is 7.02. The van der Waals surface area contributed by atoms with E-state index in [1.54, 1.807) is 30.5 Å². The number of aromatic nitrogens is 1. The lowest BCUT2D eigenvalue weighted by atomic mass is 10.1. The Morgan fingerprint density at radius 3 is 2.81 bits per heavy atom. The minimum atomic E-state index is -0.563. The topological polar surface area (TPSA) is 68.0 Å². The standard InChI is InChI=1S/C16H12FN3O/c17-13-9-10(6-7-14(13)18)20-16(21)12-3-1-5-15-11(12)4-2-8-19-15/h1-9H,18H2,(H,20,21). The van der Waals surface area contributed by atoms with Gasteiger partial charge in [0.25, 0.3) is 5.91 Å². The van der Waals surface area contributed by atoms with Gasteiger partial charge in [-0.2, -0.15) is 0 Å². The Hall–Kier alpha value is -2.95. The minimum Gasteiger partial charge on any atom is -0.396 e. The lowest BCUT2D eigenvalue weighted by Gasteiger charge is -2.08. The molecule has 0 aliphatic heterocycles. The molecule has 2 aromatic carbocycles. The second kappa shape index (κ2) is 5.20. The predicted octanol–water partition coefficient (Wildman–Crippen LogP) is 3.21. The number of nitrogen functional groups attached to an aromatic ring is 1. The molecule has 104 valence electrons. The Kier molecular flexibility index (Phi) is 3.23. The third-order valence-electron chi connectivity index (χ3n) is 3.15. The molecule has 0 fully saturated rings. The summed E-state index contributed by atoms with van der Waals surface area (Å²) in [6.45, 7) is 0. The highest BCUT2D eigenvalue weighted by atomic mass is 19.1. The molecule has 21 heavy (non-hydrogen) atoms. The maximum Gasteiger partial charge on any atom is 0.256 e. The number of halogens is 1. The highest BCUT2D eigenvalue weighted by molar-refractivity contribution is 6.12. The normalized spacial score (nSPS) is 10.5. The molecular weight excluding hydrogens is 269 g/mol. The summed E-state index contributed by atoms with van der Waals surface area (Å²) < 4.78 is 13.4. The summed E-state index contributed by atoms with van der Waals surface area (Å²) in [4.78, 5) is 16.5. The van der Waals surface area contributed by atoms with Gasteiger partial charge in [-0.25, -0.2) is 4.39 Å². The van der Waals surface area contributed by atoms with E-state index in [0.29, 0.717) is 11.3 Å². The van der Waals surface area contributed by atoms with E-state index in [-0.39, 0.29) is 11.6 Å². The number of nitrogens with zero attached hydrogens (tertiary/aromatic N) is 1. The van der Waals surface area contributed by atoms with Crippen molar-refractivity contribution in [1.29, 1.82) is 0 Å². The molecule has 0 bridgehead atoms. The van der Waals surface area contributed by atoms with Gasteiger partial charge in [0, 0.05) is 22.8 Å². The third-order valence-corrected chi connectivity index (χ3v) is 3.15. The van der Waals surface area contributed by atoms with Crippen molar-refractivity contribution in [2.45, 2.75) is 0 Å².